The highest BCUT2D eigenvalue weighted by Gasteiger charge is 2.29. The Bertz CT molecular complexity index is 800. The van der Waals surface area contributed by atoms with Gasteiger partial charge in [-0.3, -0.25) is 0 Å². The van der Waals surface area contributed by atoms with Gasteiger partial charge in [-0.2, -0.15) is 18.4 Å². The lowest BCUT2D eigenvalue weighted by Crippen LogP contribution is -2.04. The molecule has 118 valence electrons. The maximum atomic E-state index is 12.6. The summed E-state index contributed by atoms with van der Waals surface area (Å²) in [6, 6.07) is 9.66. The Labute approximate surface area is 133 Å². The molecule has 0 atom stereocenters. The van der Waals surface area contributed by atoms with Crippen LogP contribution in [0, 0.1) is 0 Å². The van der Waals surface area contributed by atoms with Gasteiger partial charge in [0.15, 0.2) is 0 Å². The second kappa shape index (κ2) is 5.88. The van der Waals surface area contributed by atoms with Crippen LogP contribution < -0.4 is 5.32 Å². The summed E-state index contributed by atoms with van der Waals surface area (Å²) in [5.41, 5.74) is 0.930. The topological polar surface area (TPSA) is 66.5 Å². The molecule has 0 saturated carbocycles. The summed E-state index contributed by atoms with van der Waals surface area (Å²) >= 11 is 5.98. The summed E-state index contributed by atoms with van der Waals surface area (Å²) < 4.78 is 37.8. The third-order valence-electron chi connectivity index (χ3n) is 3.06. The molecule has 0 unspecified atom stereocenters. The Morgan fingerprint density at radius 3 is 2.39 bits per heavy atom. The Morgan fingerprint density at radius 2 is 1.78 bits per heavy atom. The molecule has 2 aromatic carbocycles. The molecule has 3 aromatic rings. The van der Waals surface area contributed by atoms with Gasteiger partial charge in [-0.1, -0.05) is 11.6 Å². The van der Waals surface area contributed by atoms with E-state index in [0.29, 0.717) is 27.8 Å². The molecule has 0 saturated heterocycles. The Morgan fingerprint density at radius 1 is 1.04 bits per heavy atom. The largest absolute Gasteiger partial charge is 0.416 e. The average molecular weight is 340 g/mol. The minimum Gasteiger partial charge on any atom is -0.355 e. The van der Waals surface area contributed by atoms with Crippen LogP contribution in [0.5, 0.6) is 0 Å². The molecule has 0 spiro atoms. The van der Waals surface area contributed by atoms with Crippen LogP contribution in [-0.2, 0) is 6.18 Å². The Balaban J connectivity index is 1.92. The molecule has 0 aliphatic rings. The van der Waals surface area contributed by atoms with Crippen molar-refractivity contribution in [1.29, 1.82) is 0 Å². The number of aromatic amines is 1. The monoisotopic (exact) mass is 339 g/mol. The molecule has 0 aliphatic carbocycles. The molecule has 3 rings (SSSR count). The van der Waals surface area contributed by atoms with E-state index < -0.39 is 11.7 Å². The van der Waals surface area contributed by atoms with Crippen LogP contribution in [-0.4, -0.2) is 20.6 Å². The molecule has 0 aliphatic heterocycles. The van der Waals surface area contributed by atoms with Crippen molar-refractivity contribution < 1.29 is 13.2 Å². The third kappa shape index (κ3) is 3.42. The van der Waals surface area contributed by atoms with E-state index in [-0.39, 0.29) is 0 Å². The van der Waals surface area contributed by atoms with Gasteiger partial charge in [0.2, 0.25) is 5.82 Å². The van der Waals surface area contributed by atoms with Crippen molar-refractivity contribution in [2.75, 3.05) is 5.32 Å². The molecule has 0 amide bonds. The molecule has 1 heterocycles. The minimum atomic E-state index is -4.37. The zero-order valence-electron chi connectivity index (χ0n) is 11.4. The molecular formula is C14H9ClF3N5. The summed E-state index contributed by atoms with van der Waals surface area (Å²) in [6.45, 7) is 0. The highest BCUT2D eigenvalue weighted by atomic mass is 35.5. The number of nitrogens with zero attached hydrogens (tertiary/aromatic N) is 3. The van der Waals surface area contributed by atoms with Crippen molar-refractivity contribution in [3.63, 3.8) is 0 Å². The van der Waals surface area contributed by atoms with Crippen LogP contribution in [0.15, 0.2) is 42.5 Å². The van der Waals surface area contributed by atoms with Crippen molar-refractivity contribution in [2.45, 2.75) is 6.18 Å². The van der Waals surface area contributed by atoms with Crippen molar-refractivity contribution in [3.8, 4) is 11.4 Å². The highest BCUT2D eigenvalue weighted by Crippen LogP contribution is 2.33. The summed E-state index contributed by atoms with van der Waals surface area (Å²) in [4.78, 5) is 0. The number of benzene rings is 2. The molecule has 23 heavy (non-hydrogen) atoms. The number of aromatic nitrogens is 4. The fraction of sp³-hybridized carbons (Fsp3) is 0.0714. The van der Waals surface area contributed by atoms with E-state index in [1.165, 1.54) is 12.1 Å². The summed E-state index contributed by atoms with van der Waals surface area (Å²) in [6.07, 6.45) is -4.37. The highest BCUT2D eigenvalue weighted by molar-refractivity contribution is 6.31. The first-order valence-electron chi connectivity index (χ1n) is 6.41. The van der Waals surface area contributed by atoms with E-state index in [1.807, 2.05) is 0 Å². The summed E-state index contributed by atoms with van der Waals surface area (Å²) in [5, 5.41) is 17.1. The number of rotatable bonds is 3. The van der Waals surface area contributed by atoms with E-state index >= 15 is 0 Å². The standard InChI is InChI=1S/C14H9ClF3N5/c15-9-3-6-11(13-20-22-23-21-13)12(7-9)19-10-4-1-8(2-5-10)14(16,17)18/h1-7,19H,(H,20,21,22,23). The van der Waals surface area contributed by atoms with Gasteiger partial charge in [0.1, 0.15) is 0 Å². The fourth-order valence-corrected chi connectivity index (χ4v) is 2.16. The molecule has 0 bridgehead atoms. The first-order valence-corrected chi connectivity index (χ1v) is 6.79. The first-order chi connectivity index (χ1) is 10.9. The van der Waals surface area contributed by atoms with Crippen LogP contribution >= 0.6 is 11.6 Å². The van der Waals surface area contributed by atoms with Crippen LogP contribution in [0.25, 0.3) is 11.4 Å². The number of hydrogen-bond donors (Lipinski definition) is 2. The zero-order valence-corrected chi connectivity index (χ0v) is 12.2. The molecule has 9 heteroatoms. The lowest BCUT2D eigenvalue weighted by atomic mass is 10.1. The first kappa shape index (κ1) is 15.3. The summed E-state index contributed by atoms with van der Waals surface area (Å²) in [7, 11) is 0. The van der Waals surface area contributed by atoms with Gasteiger partial charge in [0, 0.05) is 16.3 Å². The molecule has 2 N–H and O–H groups in total. The van der Waals surface area contributed by atoms with Crippen molar-refractivity contribution >= 4 is 23.0 Å². The zero-order chi connectivity index (χ0) is 16.4. The van der Waals surface area contributed by atoms with E-state index in [0.717, 1.165) is 12.1 Å². The number of nitrogens with one attached hydrogen (secondary N) is 2. The van der Waals surface area contributed by atoms with Crippen LogP contribution in [0.4, 0.5) is 24.5 Å². The predicted molar refractivity (Wildman–Crippen MR) is 79.4 cm³/mol. The SMILES string of the molecule is FC(F)(F)c1ccc(Nc2cc(Cl)ccc2-c2nn[nH]n2)cc1. The number of hydrogen-bond acceptors (Lipinski definition) is 4. The Kier molecular flexibility index (Phi) is 3.91. The van der Waals surface area contributed by atoms with E-state index in [1.54, 1.807) is 18.2 Å². The van der Waals surface area contributed by atoms with Gasteiger partial charge in [0.25, 0.3) is 0 Å². The van der Waals surface area contributed by atoms with Gasteiger partial charge in [-0.15, -0.1) is 10.2 Å². The molecule has 0 fully saturated rings. The quantitative estimate of drug-likeness (QED) is 0.747. The average Bonchev–Trinajstić information content (AvgIpc) is 3.01. The van der Waals surface area contributed by atoms with Crippen LogP contribution in [0.2, 0.25) is 5.02 Å². The number of tetrazole rings is 1. The minimum absolute atomic E-state index is 0.344. The number of anilines is 2. The molecule has 1 aromatic heterocycles. The second-order valence-corrected chi connectivity index (χ2v) is 5.06. The maximum absolute atomic E-state index is 12.6. The fourth-order valence-electron chi connectivity index (χ4n) is 1.99. The van der Waals surface area contributed by atoms with Gasteiger partial charge < -0.3 is 5.32 Å². The van der Waals surface area contributed by atoms with Gasteiger partial charge in [-0.05, 0) is 47.7 Å². The van der Waals surface area contributed by atoms with Crippen LogP contribution in [0.1, 0.15) is 5.56 Å². The van der Waals surface area contributed by atoms with Crippen LogP contribution in [0.3, 0.4) is 0 Å². The lowest BCUT2D eigenvalue weighted by Gasteiger charge is -2.12. The van der Waals surface area contributed by atoms with Crippen molar-refractivity contribution in [1.82, 2.24) is 20.6 Å². The molecule has 0 radical (unpaired) electrons. The lowest BCUT2D eigenvalue weighted by molar-refractivity contribution is -0.137. The normalized spacial score (nSPS) is 11.5. The predicted octanol–water partition coefficient (Wildman–Crippen LogP) is 4.28. The Hall–Kier alpha value is -2.61. The molecular weight excluding hydrogens is 331 g/mol. The van der Waals surface area contributed by atoms with Gasteiger partial charge >= 0.3 is 6.18 Å². The van der Waals surface area contributed by atoms with Crippen molar-refractivity contribution in [2.24, 2.45) is 0 Å². The van der Waals surface area contributed by atoms with Gasteiger partial charge in [0.05, 0.1) is 11.3 Å². The number of halogens is 4. The number of alkyl halides is 3. The van der Waals surface area contributed by atoms with E-state index in [2.05, 4.69) is 25.9 Å². The van der Waals surface area contributed by atoms with E-state index in [9.17, 15) is 13.2 Å². The maximum Gasteiger partial charge on any atom is 0.416 e. The van der Waals surface area contributed by atoms with Crippen molar-refractivity contribution in [3.05, 3.63) is 53.1 Å². The smallest absolute Gasteiger partial charge is 0.355 e. The molecule has 5 nitrogen and oxygen atoms in total. The summed E-state index contributed by atoms with van der Waals surface area (Å²) in [5.74, 6) is 0.344. The van der Waals surface area contributed by atoms with Gasteiger partial charge in [-0.25, -0.2) is 0 Å². The number of H-pyrrole nitrogens is 1. The second-order valence-electron chi connectivity index (χ2n) is 4.63. The van der Waals surface area contributed by atoms with E-state index in [4.69, 9.17) is 11.6 Å². The third-order valence-corrected chi connectivity index (χ3v) is 3.29.